The van der Waals surface area contributed by atoms with E-state index >= 15 is 0 Å². The molecule has 0 aromatic heterocycles. The molecule has 0 heterocycles. The molecule has 0 spiro atoms. The number of nitrogens with one attached hydrogen (secondary N) is 1. The Morgan fingerprint density at radius 3 is 2.82 bits per heavy atom. The molecule has 0 saturated heterocycles. The fourth-order valence-corrected chi connectivity index (χ4v) is 1.81. The molecule has 1 unspecified atom stereocenters. The number of ether oxygens (including phenoxy) is 2. The molecular formula is C13H20BrNO2. The largest absolute Gasteiger partial charge is 0.382 e. The summed E-state index contributed by atoms with van der Waals surface area (Å²) in [7, 11) is 0. The van der Waals surface area contributed by atoms with Crippen LogP contribution in [0.2, 0.25) is 0 Å². The van der Waals surface area contributed by atoms with E-state index in [2.05, 4.69) is 21.2 Å². The quantitative estimate of drug-likeness (QED) is 0.747. The van der Waals surface area contributed by atoms with Gasteiger partial charge in [0.25, 0.3) is 0 Å². The average Bonchev–Trinajstić information content (AvgIpc) is 2.34. The van der Waals surface area contributed by atoms with Gasteiger partial charge >= 0.3 is 0 Å². The third-order valence-electron chi connectivity index (χ3n) is 2.25. The van der Waals surface area contributed by atoms with E-state index in [1.807, 2.05) is 38.1 Å². The van der Waals surface area contributed by atoms with Crippen LogP contribution in [-0.2, 0) is 9.47 Å². The number of benzene rings is 1. The van der Waals surface area contributed by atoms with E-state index in [9.17, 15) is 0 Å². The summed E-state index contributed by atoms with van der Waals surface area (Å²) in [5, 5.41) is 3.31. The van der Waals surface area contributed by atoms with Crippen LogP contribution >= 0.6 is 15.9 Å². The van der Waals surface area contributed by atoms with Gasteiger partial charge in [0.05, 0.1) is 19.3 Å². The molecule has 0 amide bonds. The number of hydrogen-bond donors (Lipinski definition) is 1. The molecule has 1 aromatic carbocycles. The molecule has 1 aromatic rings. The van der Waals surface area contributed by atoms with Gasteiger partial charge in [0, 0.05) is 23.3 Å². The molecular weight excluding hydrogens is 282 g/mol. The Kier molecular flexibility index (Phi) is 7.24. The van der Waals surface area contributed by atoms with Crippen LogP contribution in [0.15, 0.2) is 28.7 Å². The van der Waals surface area contributed by atoms with Crippen molar-refractivity contribution < 1.29 is 9.47 Å². The Balaban J connectivity index is 2.14. The first-order chi connectivity index (χ1) is 8.24. The topological polar surface area (TPSA) is 30.5 Å². The van der Waals surface area contributed by atoms with Crippen molar-refractivity contribution in [2.75, 3.05) is 31.7 Å². The molecule has 0 saturated carbocycles. The van der Waals surface area contributed by atoms with Crippen molar-refractivity contribution in [3.05, 3.63) is 28.7 Å². The van der Waals surface area contributed by atoms with Crippen molar-refractivity contribution in [2.24, 2.45) is 0 Å². The Labute approximate surface area is 112 Å². The minimum Gasteiger partial charge on any atom is -0.382 e. The van der Waals surface area contributed by atoms with Gasteiger partial charge in [0.15, 0.2) is 0 Å². The molecule has 0 radical (unpaired) electrons. The summed E-state index contributed by atoms with van der Waals surface area (Å²) in [4.78, 5) is 0. The molecule has 3 nitrogen and oxygen atoms in total. The van der Waals surface area contributed by atoms with Crippen molar-refractivity contribution in [1.29, 1.82) is 0 Å². The van der Waals surface area contributed by atoms with Gasteiger partial charge in [-0.05, 0) is 41.9 Å². The van der Waals surface area contributed by atoms with E-state index in [1.165, 1.54) is 0 Å². The SMILES string of the molecule is CCOCC(C)OCCNc1ccccc1Br. The molecule has 17 heavy (non-hydrogen) atoms. The fourth-order valence-electron chi connectivity index (χ4n) is 1.38. The smallest absolute Gasteiger partial charge is 0.0781 e. The van der Waals surface area contributed by atoms with Crippen molar-refractivity contribution in [2.45, 2.75) is 20.0 Å². The van der Waals surface area contributed by atoms with Crippen LogP contribution in [0.4, 0.5) is 5.69 Å². The van der Waals surface area contributed by atoms with Gasteiger partial charge in [-0.1, -0.05) is 12.1 Å². The third-order valence-corrected chi connectivity index (χ3v) is 2.94. The normalized spacial score (nSPS) is 12.4. The highest BCUT2D eigenvalue weighted by Crippen LogP contribution is 2.20. The lowest BCUT2D eigenvalue weighted by atomic mass is 10.3. The molecule has 1 rings (SSSR count). The average molecular weight is 302 g/mol. The molecule has 0 fully saturated rings. The van der Waals surface area contributed by atoms with Gasteiger partial charge in [-0.3, -0.25) is 0 Å². The standard InChI is InChI=1S/C13H20BrNO2/c1-3-16-10-11(2)17-9-8-15-13-7-5-4-6-12(13)14/h4-7,11,15H,3,8-10H2,1-2H3. The maximum Gasteiger partial charge on any atom is 0.0781 e. The first-order valence-corrected chi connectivity index (χ1v) is 6.71. The van der Waals surface area contributed by atoms with Crippen molar-refractivity contribution >= 4 is 21.6 Å². The molecule has 4 heteroatoms. The third kappa shape index (κ3) is 6.05. The number of halogens is 1. The van der Waals surface area contributed by atoms with Crippen LogP contribution in [0.5, 0.6) is 0 Å². The molecule has 0 bridgehead atoms. The van der Waals surface area contributed by atoms with Crippen LogP contribution in [0, 0.1) is 0 Å². The lowest BCUT2D eigenvalue weighted by Gasteiger charge is -2.14. The van der Waals surface area contributed by atoms with Gasteiger partial charge in [-0.15, -0.1) is 0 Å². The van der Waals surface area contributed by atoms with E-state index in [-0.39, 0.29) is 6.10 Å². The zero-order valence-electron chi connectivity index (χ0n) is 10.4. The molecule has 96 valence electrons. The van der Waals surface area contributed by atoms with E-state index < -0.39 is 0 Å². The summed E-state index contributed by atoms with van der Waals surface area (Å²) in [5.41, 5.74) is 1.09. The summed E-state index contributed by atoms with van der Waals surface area (Å²) >= 11 is 3.49. The molecule has 1 atom stereocenters. The number of hydrogen-bond acceptors (Lipinski definition) is 3. The highest BCUT2D eigenvalue weighted by atomic mass is 79.9. The van der Waals surface area contributed by atoms with E-state index in [0.717, 1.165) is 23.3 Å². The van der Waals surface area contributed by atoms with Crippen LogP contribution < -0.4 is 5.32 Å². The highest BCUT2D eigenvalue weighted by Gasteiger charge is 2.01. The second-order valence-corrected chi connectivity index (χ2v) is 4.60. The summed E-state index contributed by atoms with van der Waals surface area (Å²) in [6, 6.07) is 8.05. The van der Waals surface area contributed by atoms with Crippen LogP contribution in [0.1, 0.15) is 13.8 Å². The number of anilines is 1. The summed E-state index contributed by atoms with van der Waals surface area (Å²) < 4.78 is 12.0. The Morgan fingerprint density at radius 2 is 2.12 bits per heavy atom. The monoisotopic (exact) mass is 301 g/mol. The summed E-state index contributed by atoms with van der Waals surface area (Å²) in [6.07, 6.45) is 0.149. The second kappa shape index (κ2) is 8.50. The fraction of sp³-hybridized carbons (Fsp3) is 0.538. The lowest BCUT2D eigenvalue weighted by Crippen LogP contribution is -2.20. The van der Waals surface area contributed by atoms with Crippen molar-refractivity contribution in [1.82, 2.24) is 0 Å². The van der Waals surface area contributed by atoms with E-state index in [4.69, 9.17) is 9.47 Å². The van der Waals surface area contributed by atoms with Gasteiger partial charge in [0.2, 0.25) is 0 Å². The Hall–Kier alpha value is -0.580. The maximum atomic E-state index is 5.60. The van der Waals surface area contributed by atoms with Crippen LogP contribution in [-0.4, -0.2) is 32.5 Å². The van der Waals surface area contributed by atoms with Gasteiger partial charge in [-0.25, -0.2) is 0 Å². The lowest BCUT2D eigenvalue weighted by molar-refractivity contribution is 0.000868. The van der Waals surface area contributed by atoms with Crippen molar-refractivity contribution in [3.63, 3.8) is 0 Å². The van der Waals surface area contributed by atoms with Gasteiger partial charge in [-0.2, -0.15) is 0 Å². The van der Waals surface area contributed by atoms with E-state index in [1.54, 1.807) is 0 Å². The molecule has 1 N–H and O–H groups in total. The van der Waals surface area contributed by atoms with Gasteiger partial charge < -0.3 is 14.8 Å². The predicted octanol–water partition coefficient (Wildman–Crippen LogP) is 3.30. The molecule has 0 aliphatic heterocycles. The first kappa shape index (κ1) is 14.5. The molecule has 0 aliphatic rings. The number of para-hydroxylation sites is 1. The Morgan fingerprint density at radius 1 is 1.35 bits per heavy atom. The number of rotatable bonds is 8. The zero-order valence-corrected chi connectivity index (χ0v) is 12.0. The minimum atomic E-state index is 0.149. The minimum absolute atomic E-state index is 0.149. The summed E-state index contributed by atoms with van der Waals surface area (Å²) in [6.45, 7) is 6.87. The molecule has 0 aliphatic carbocycles. The van der Waals surface area contributed by atoms with E-state index in [0.29, 0.717) is 13.2 Å². The highest BCUT2D eigenvalue weighted by molar-refractivity contribution is 9.10. The van der Waals surface area contributed by atoms with Crippen molar-refractivity contribution in [3.8, 4) is 0 Å². The predicted molar refractivity (Wildman–Crippen MR) is 74.5 cm³/mol. The zero-order chi connectivity index (χ0) is 12.5. The Bertz CT molecular complexity index is 320. The van der Waals surface area contributed by atoms with Crippen LogP contribution in [0.3, 0.4) is 0 Å². The summed E-state index contributed by atoms with van der Waals surface area (Å²) in [5.74, 6) is 0. The van der Waals surface area contributed by atoms with Gasteiger partial charge in [0.1, 0.15) is 0 Å². The maximum absolute atomic E-state index is 5.60. The van der Waals surface area contributed by atoms with Crippen LogP contribution in [0.25, 0.3) is 0 Å². The first-order valence-electron chi connectivity index (χ1n) is 5.91. The second-order valence-electron chi connectivity index (χ2n) is 3.75.